The van der Waals surface area contributed by atoms with E-state index >= 15 is 0 Å². The summed E-state index contributed by atoms with van der Waals surface area (Å²) < 4.78 is 6.77. The van der Waals surface area contributed by atoms with Crippen molar-refractivity contribution in [3.8, 4) is 5.75 Å². The molecular weight excluding hydrogens is 334 g/mol. The van der Waals surface area contributed by atoms with Gasteiger partial charge in [0.25, 0.3) is 0 Å². The molecule has 1 aromatic carbocycles. The zero-order valence-corrected chi connectivity index (χ0v) is 14.3. The molecule has 20 heavy (non-hydrogen) atoms. The van der Waals surface area contributed by atoms with E-state index in [1.807, 2.05) is 13.0 Å². The van der Waals surface area contributed by atoms with Gasteiger partial charge in [0.2, 0.25) is 0 Å². The van der Waals surface area contributed by atoms with Crippen LogP contribution in [0.25, 0.3) is 0 Å². The van der Waals surface area contributed by atoms with Gasteiger partial charge in [-0.15, -0.1) is 11.3 Å². The van der Waals surface area contributed by atoms with E-state index in [1.54, 1.807) is 11.3 Å². The summed E-state index contributed by atoms with van der Waals surface area (Å²) in [5.41, 5.74) is 2.54. The molecule has 1 atom stereocenters. The molecule has 0 radical (unpaired) electrons. The van der Waals surface area contributed by atoms with Gasteiger partial charge < -0.3 is 10.1 Å². The van der Waals surface area contributed by atoms with Gasteiger partial charge >= 0.3 is 0 Å². The van der Waals surface area contributed by atoms with Gasteiger partial charge in [0.1, 0.15) is 5.75 Å². The number of thiophene rings is 1. The van der Waals surface area contributed by atoms with Gasteiger partial charge in [-0.25, -0.2) is 0 Å². The quantitative estimate of drug-likeness (QED) is 0.756. The molecule has 1 unspecified atom stereocenters. The maximum atomic E-state index is 5.61. The Hall–Kier alpha value is -0.840. The normalized spacial score (nSPS) is 12.3. The van der Waals surface area contributed by atoms with Gasteiger partial charge in [-0.3, -0.25) is 0 Å². The van der Waals surface area contributed by atoms with Crippen LogP contribution in [0.3, 0.4) is 0 Å². The minimum Gasteiger partial charge on any atom is -0.494 e. The molecule has 1 N–H and O–H groups in total. The fourth-order valence-electron chi connectivity index (χ4n) is 2.14. The van der Waals surface area contributed by atoms with Crippen molar-refractivity contribution < 1.29 is 4.74 Å². The largest absolute Gasteiger partial charge is 0.494 e. The smallest absolute Gasteiger partial charge is 0.119 e. The highest BCUT2D eigenvalue weighted by Crippen LogP contribution is 2.30. The third-order valence-corrected chi connectivity index (χ3v) is 4.54. The van der Waals surface area contributed by atoms with Gasteiger partial charge in [-0.2, -0.15) is 0 Å². The molecule has 0 spiro atoms. The highest BCUT2D eigenvalue weighted by atomic mass is 79.9. The van der Waals surface area contributed by atoms with Crippen LogP contribution in [0.15, 0.2) is 39.5 Å². The lowest BCUT2D eigenvalue weighted by Gasteiger charge is -2.19. The van der Waals surface area contributed by atoms with Crippen molar-refractivity contribution >= 4 is 27.3 Å². The summed E-state index contributed by atoms with van der Waals surface area (Å²) in [6.45, 7) is 5.89. The summed E-state index contributed by atoms with van der Waals surface area (Å²) in [4.78, 5) is 0. The molecule has 4 heteroatoms. The molecule has 0 amide bonds. The van der Waals surface area contributed by atoms with Crippen LogP contribution in [-0.4, -0.2) is 13.2 Å². The van der Waals surface area contributed by atoms with E-state index in [9.17, 15) is 0 Å². The Morgan fingerprint density at radius 1 is 1.25 bits per heavy atom. The Balaban J connectivity index is 2.28. The first kappa shape index (κ1) is 15.5. The van der Waals surface area contributed by atoms with E-state index in [4.69, 9.17) is 4.74 Å². The molecule has 0 saturated heterocycles. The van der Waals surface area contributed by atoms with Crippen LogP contribution in [0, 0.1) is 0 Å². The van der Waals surface area contributed by atoms with Gasteiger partial charge in [-0.05, 0) is 70.5 Å². The zero-order chi connectivity index (χ0) is 14.4. The van der Waals surface area contributed by atoms with Gasteiger partial charge in [-0.1, -0.05) is 19.1 Å². The van der Waals surface area contributed by atoms with Gasteiger partial charge in [0.15, 0.2) is 0 Å². The maximum Gasteiger partial charge on any atom is 0.119 e. The number of rotatable bonds is 7. The van der Waals surface area contributed by atoms with Crippen molar-refractivity contribution in [1.29, 1.82) is 0 Å². The second-order valence-corrected chi connectivity index (χ2v) is 6.87. The van der Waals surface area contributed by atoms with Crippen LogP contribution in [0.5, 0.6) is 5.75 Å². The maximum absolute atomic E-state index is 5.61. The molecule has 108 valence electrons. The Labute approximate surface area is 133 Å². The molecule has 0 bridgehead atoms. The second-order valence-electron chi connectivity index (χ2n) is 4.58. The van der Waals surface area contributed by atoms with Crippen molar-refractivity contribution in [2.24, 2.45) is 0 Å². The van der Waals surface area contributed by atoms with Crippen LogP contribution in [0.2, 0.25) is 0 Å². The van der Waals surface area contributed by atoms with E-state index in [0.717, 1.165) is 22.5 Å². The first-order valence-electron chi connectivity index (χ1n) is 6.94. The molecule has 0 saturated carbocycles. The zero-order valence-electron chi connectivity index (χ0n) is 11.9. The van der Waals surface area contributed by atoms with Crippen LogP contribution in [0.4, 0.5) is 0 Å². The predicted octanol–water partition coefficient (Wildman–Crippen LogP) is 5.00. The average molecular weight is 354 g/mol. The number of halogens is 1. The molecule has 1 aromatic heterocycles. The van der Waals surface area contributed by atoms with Crippen molar-refractivity contribution in [1.82, 2.24) is 5.32 Å². The van der Waals surface area contributed by atoms with Crippen LogP contribution < -0.4 is 10.1 Å². The summed E-state index contributed by atoms with van der Waals surface area (Å²) in [5, 5.41) is 5.81. The molecular formula is C16H20BrNOS. The molecule has 0 fully saturated rings. The third kappa shape index (κ3) is 4.08. The third-order valence-electron chi connectivity index (χ3n) is 3.02. The lowest BCUT2D eigenvalue weighted by Crippen LogP contribution is -2.22. The van der Waals surface area contributed by atoms with E-state index < -0.39 is 0 Å². The summed E-state index contributed by atoms with van der Waals surface area (Å²) >= 11 is 5.27. The van der Waals surface area contributed by atoms with Crippen molar-refractivity contribution in [3.05, 3.63) is 50.6 Å². The van der Waals surface area contributed by atoms with E-state index in [0.29, 0.717) is 6.61 Å². The Morgan fingerprint density at radius 3 is 2.75 bits per heavy atom. The standard InChI is InChI=1S/C16H20BrNOS/c1-3-8-18-16(13-10-15(17)20-11-13)12-6-5-7-14(9-12)19-4-2/h5-7,9-11,16,18H,3-4,8H2,1-2H3. The SMILES string of the molecule is CCCNC(c1cccc(OCC)c1)c1csc(Br)c1. The van der Waals surface area contributed by atoms with Crippen LogP contribution >= 0.6 is 27.3 Å². The summed E-state index contributed by atoms with van der Waals surface area (Å²) in [5.74, 6) is 0.933. The van der Waals surface area contributed by atoms with Crippen molar-refractivity contribution in [2.75, 3.05) is 13.2 Å². The lowest BCUT2D eigenvalue weighted by molar-refractivity contribution is 0.339. The number of hydrogen-bond acceptors (Lipinski definition) is 3. The van der Waals surface area contributed by atoms with Crippen LogP contribution in [-0.2, 0) is 0 Å². The van der Waals surface area contributed by atoms with E-state index in [1.165, 1.54) is 11.1 Å². The average Bonchev–Trinajstić information content (AvgIpc) is 2.87. The Bertz CT molecular complexity index is 541. The number of ether oxygens (including phenoxy) is 1. The Kier molecular flexibility index (Phi) is 6.07. The number of benzene rings is 1. The summed E-state index contributed by atoms with van der Waals surface area (Å²) in [7, 11) is 0. The Morgan fingerprint density at radius 2 is 2.10 bits per heavy atom. The predicted molar refractivity (Wildman–Crippen MR) is 89.8 cm³/mol. The molecule has 0 aliphatic carbocycles. The van der Waals surface area contributed by atoms with E-state index in [-0.39, 0.29) is 6.04 Å². The highest BCUT2D eigenvalue weighted by molar-refractivity contribution is 9.11. The fraction of sp³-hybridized carbons (Fsp3) is 0.375. The molecule has 2 nitrogen and oxygen atoms in total. The lowest BCUT2D eigenvalue weighted by atomic mass is 10.0. The molecule has 1 heterocycles. The van der Waals surface area contributed by atoms with E-state index in [2.05, 4.69) is 57.8 Å². The number of nitrogens with one attached hydrogen (secondary N) is 1. The topological polar surface area (TPSA) is 21.3 Å². The second kappa shape index (κ2) is 7.81. The van der Waals surface area contributed by atoms with Crippen molar-refractivity contribution in [3.63, 3.8) is 0 Å². The van der Waals surface area contributed by atoms with Gasteiger partial charge in [0, 0.05) is 0 Å². The molecule has 2 rings (SSSR count). The minimum atomic E-state index is 0.220. The molecule has 0 aliphatic heterocycles. The first-order chi connectivity index (χ1) is 9.74. The summed E-state index contributed by atoms with van der Waals surface area (Å²) in [6, 6.07) is 10.8. The fourth-order valence-corrected chi connectivity index (χ4v) is 3.34. The van der Waals surface area contributed by atoms with Gasteiger partial charge in [0.05, 0.1) is 16.4 Å². The molecule has 0 aliphatic rings. The number of hydrogen-bond donors (Lipinski definition) is 1. The minimum absolute atomic E-state index is 0.220. The monoisotopic (exact) mass is 353 g/mol. The first-order valence-corrected chi connectivity index (χ1v) is 8.62. The highest BCUT2D eigenvalue weighted by Gasteiger charge is 2.15. The van der Waals surface area contributed by atoms with Crippen molar-refractivity contribution in [2.45, 2.75) is 26.3 Å². The summed E-state index contributed by atoms with van der Waals surface area (Å²) in [6.07, 6.45) is 1.12. The van der Waals surface area contributed by atoms with Crippen LogP contribution in [0.1, 0.15) is 37.4 Å². The molecule has 2 aromatic rings.